The molecular weight excluding hydrogens is 176 g/mol. The lowest BCUT2D eigenvalue weighted by Crippen LogP contribution is -2.44. The van der Waals surface area contributed by atoms with Crippen LogP contribution in [-0.2, 0) is 0 Å². The molecule has 0 unspecified atom stereocenters. The van der Waals surface area contributed by atoms with Crippen LogP contribution >= 0.6 is 0 Å². The zero-order chi connectivity index (χ0) is 10.1. The third kappa shape index (κ3) is 5.54. The Labute approximate surface area is 87.2 Å². The van der Waals surface area contributed by atoms with Crippen LogP contribution in [0.3, 0.4) is 0 Å². The number of likely N-dealkylation sites (N-methyl/N-ethyl adjacent to an activating group) is 1. The highest BCUT2D eigenvalue weighted by atomic mass is 15.1. The molecule has 0 aromatic carbocycles. The molecule has 0 saturated carbocycles. The van der Waals surface area contributed by atoms with Gasteiger partial charge >= 0.3 is 0 Å². The summed E-state index contributed by atoms with van der Waals surface area (Å²) in [5, 5.41) is 13.5. The highest BCUT2D eigenvalue weighted by molar-refractivity contribution is 4.73. The summed E-state index contributed by atoms with van der Waals surface area (Å²) in [7, 11) is 0. The maximum atomic E-state index is 3.52. The third-order valence-corrected chi connectivity index (χ3v) is 2.58. The molecule has 1 heterocycles. The average Bonchev–Trinajstić information content (AvgIpc) is 2.25. The van der Waals surface area contributed by atoms with E-state index < -0.39 is 0 Å². The molecule has 0 bridgehead atoms. The molecule has 0 amide bonds. The summed E-state index contributed by atoms with van der Waals surface area (Å²) in [6, 6.07) is 0.711. The summed E-state index contributed by atoms with van der Waals surface area (Å²) in [5.74, 6) is 0. The van der Waals surface area contributed by atoms with E-state index in [-0.39, 0.29) is 0 Å². The average molecular weight is 200 g/mol. The molecule has 1 saturated heterocycles. The van der Waals surface area contributed by atoms with Gasteiger partial charge in [-0.1, -0.05) is 6.92 Å². The van der Waals surface area contributed by atoms with Crippen LogP contribution < -0.4 is 21.3 Å². The zero-order valence-corrected chi connectivity index (χ0v) is 9.23. The van der Waals surface area contributed by atoms with Gasteiger partial charge in [-0.15, -0.1) is 0 Å². The summed E-state index contributed by atoms with van der Waals surface area (Å²) in [5.41, 5.74) is 0. The second kappa shape index (κ2) is 8.17. The van der Waals surface area contributed by atoms with Crippen molar-refractivity contribution in [1.82, 2.24) is 21.3 Å². The second-order valence-corrected chi connectivity index (χ2v) is 3.76. The predicted molar refractivity (Wildman–Crippen MR) is 60.4 cm³/mol. The van der Waals surface area contributed by atoms with Crippen LogP contribution in [0.2, 0.25) is 0 Å². The Bertz CT molecular complexity index is 123. The van der Waals surface area contributed by atoms with E-state index in [4.69, 9.17) is 0 Å². The summed E-state index contributed by atoms with van der Waals surface area (Å²) < 4.78 is 0. The van der Waals surface area contributed by atoms with Gasteiger partial charge in [-0.25, -0.2) is 0 Å². The number of hydrogen-bond acceptors (Lipinski definition) is 4. The van der Waals surface area contributed by atoms with Crippen molar-refractivity contribution < 1.29 is 0 Å². The van der Waals surface area contributed by atoms with E-state index in [1.54, 1.807) is 0 Å². The Morgan fingerprint density at radius 3 is 2.57 bits per heavy atom. The maximum Gasteiger partial charge on any atom is 0.0456 e. The summed E-state index contributed by atoms with van der Waals surface area (Å²) in [6.45, 7) is 8.56. The first-order chi connectivity index (χ1) is 6.93. The molecule has 0 spiro atoms. The van der Waals surface area contributed by atoms with Crippen molar-refractivity contribution in [3.05, 3.63) is 0 Å². The van der Waals surface area contributed by atoms with E-state index in [0.29, 0.717) is 6.04 Å². The first kappa shape index (κ1) is 11.9. The van der Waals surface area contributed by atoms with Crippen LogP contribution in [0.25, 0.3) is 0 Å². The lowest BCUT2D eigenvalue weighted by atomic mass is 10.1. The number of rotatable bonds is 7. The second-order valence-electron chi connectivity index (χ2n) is 3.76. The summed E-state index contributed by atoms with van der Waals surface area (Å²) >= 11 is 0. The van der Waals surface area contributed by atoms with Crippen molar-refractivity contribution in [3.8, 4) is 0 Å². The van der Waals surface area contributed by atoms with Crippen LogP contribution in [0.1, 0.15) is 19.8 Å². The molecule has 0 radical (unpaired) electrons. The van der Waals surface area contributed by atoms with Crippen LogP contribution in [0.5, 0.6) is 0 Å². The van der Waals surface area contributed by atoms with Crippen LogP contribution in [0, 0.1) is 0 Å². The van der Waals surface area contributed by atoms with Gasteiger partial charge < -0.3 is 21.3 Å². The SMILES string of the molecule is CCNCCNCNC1CCNCC1. The summed E-state index contributed by atoms with van der Waals surface area (Å²) in [6.07, 6.45) is 2.52. The van der Waals surface area contributed by atoms with Gasteiger partial charge in [0.25, 0.3) is 0 Å². The number of nitrogens with one attached hydrogen (secondary N) is 4. The minimum Gasteiger partial charge on any atom is -0.317 e. The van der Waals surface area contributed by atoms with Gasteiger partial charge in [0.15, 0.2) is 0 Å². The van der Waals surface area contributed by atoms with Crippen molar-refractivity contribution in [2.45, 2.75) is 25.8 Å². The topological polar surface area (TPSA) is 48.1 Å². The Kier molecular flexibility index (Phi) is 6.95. The van der Waals surface area contributed by atoms with Crippen molar-refractivity contribution in [1.29, 1.82) is 0 Å². The van der Waals surface area contributed by atoms with Crippen LogP contribution in [0.15, 0.2) is 0 Å². The molecule has 0 aliphatic carbocycles. The Morgan fingerprint density at radius 1 is 1.14 bits per heavy atom. The van der Waals surface area contributed by atoms with E-state index in [2.05, 4.69) is 28.2 Å². The number of piperidine rings is 1. The minimum atomic E-state index is 0.711. The molecule has 0 aromatic heterocycles. The van der Waals surface area contributed by atoms with Gasteiger partial charge in [-0.05, 0) is 32.5 Å². The van der Waals surface area contributed by atoms with Crippen molar-refractivity contribution >= 4 is 0 Å². The zero-order valence-electron chi connectivity index (χ0n) is 9.23. The predicted octanol–water partition coefficient (Wildman–Crippen LogP) is -0.515. The molecule has 4 nitrogen and oxygen atoms in total. The molecular formula is C10H24N4. The lowest BCUT2D eigenvalue weighted by molar-refractivity contribution is 0.376. The monoisotopic (exact) mass is 200 g/mol. The molecule has 1 aliphatic heterocycles. The fourth-order valence-electron chi connectivity index (χ4n) is 1.68. The normalized spacial score (nSPS) is 18.6. The van der Waals surface area contributed by atoms with E-state index in [9.17, 15) is 0 Å². The largest absolute Gasteiger partial charge is 0.317 e. The van der Waals surface area contributed by atoms with E-state index in [1.165, 1.54) is 12.8 Å². The molecule has 4 N–H and O–H groups in total. The number of hydrogen-bond donors (Lipinski definition) is 4. The molecule has 0 aromatic rings. The van der Waals surface area contributed by atoms with Gasteiger partial charge in [-0.2, -0.15) is 0 Å². The quantitative estimate of drug-likeness (QED) is 0.330. The van der Waals surface area contributed by atoms with Gasteiger partial charge in [0.2, 0.25) is 0 Å². The molecule has 1 fully saturated rings. The van der Waals surface area contributed by atoms with Crippen molar-refractivity contribution in [2.75, 3.05) is 39.4 Å². The van der Waals surface area contributed by atoms with Crippen molar-refractivity contribution in [2.24, 2.45) is 0 Å². The Balaban J connectivity index is 1.82. The lowest BCUT2D eigenvalue weighted by Gasteiger charge is -2.23. The fraction of sp³-hybridized carbons (Fsp3) is 1.00. The van der Waals surface area contributed by atoms with Gasteiger partial charge in [0.1, 0.15) is 0 Å². The van der Waals surface area contributed by atoms with Gasteiger partial charge in [0, 0.05) is 25.8 Å². The Hall–Kier alpha value is -0.160. The third-order valence-electron chi connectivity index (χ3n) is 2.58. The van der Waals surface area contributed by atoms with Gasteiger partial charge in [0.05, 0.1) is 0 Å². The van der Waals surface area contributed by atoms with Crippen molar-refractivity contribution in [3.63, 3.8) is 0 Å². The standard InChI is InChI=1S/C10H24N4/c1-2-11-7-8-13-9-14-10-3-5-12-6-4-10/h10-14H,2-9H2,1H3. The smallest absolute Gasteiger partial charge is 0.0456 e. The highest BCUT2D eigenvalue weighted by Crippen LogP contribution is 2.00. The van der Waals surface area contributed by atoms with E-state index in [1.807, 2.05) is 0 Å². The maximum absolute atomic E-state index is 3.52. The Morgan fingerprint density at radius 2 is 1.86 bits per heavy atom. The first-order valence-corrected chi connectivity index (χ1v) is 5.79. The van der Waals surface area contributed by atoms with Crippen LogP contribution in [0.4, 0.5) is 0 Å². The van der Waals surface area contributed by atoms with Crippen LogP contribution in [-0.4, -0.2) is 45.4 Å². The molecule has 1 rings (SSSR count). The molecule has 84 valence electrons. The summed E-state index contributed by atoms with van der Waals surface area (Å²) in [4.78, 5) is 0. The molecule has 1 aliphatic rings. The van der Waals surface area contributed by atoms with E-state index >= 15 is 0 Å². The minimum absolute atomic E-state index is 0.711. The molecule has 4 heteroatoms. The molecule has 14 heavy (non-hydrogen) atoms. The fourth-order valence-corrected chi connectivity index (χ4v) is 1.68. The first-order valence-electron chi connectivity index (χ1n) is 5.79. The highest BCUT2D eigenvalue weighted by Gasteiger charge is 2.10. The van der Waals surface area contributed by atoms with Gasteiger partial charge in [-0.3, -0.25) is 0 Å². The molecule has 0 atom stereocenters. The van der Waals surface area contributed by atoms with E-state index in [0.717, 1.165) is 39.4 Å².